The van der Waals surface area contributed by atoms with Crippen LogP contribution in [0, 0.1) is 0 Å². The van der Waals surface area contributed by atoms with Crippen molar-refractivity contribution in [2.75, 3.05) is 0 Å². The smallest absolute Gasteiger partial charge is 0.352 e. The lowest BCUT2D eigenvalue weighted by molar-refractivity contribution is -0.142. The van der Waals surface area contributed by atoms with E-state index in [4.69, 9.17) is 0 Å². The number of ether oxygens (including phenoxy) is 2. The van der Waals surface area contributed by atoms with Gasteiger partial charge in [-0.25, -0.2) is 4.79 Å². The van der Waals surface area contributed by atoms with Crippen molar-refractivity contribution in [2.24, 2.45) is 0 Å². The van der Waals surface area contributed by atoms with Crippen molar-refractivity contribution < 1.29 is 19.1 Å². The molecule has 1 aliphatic rings. The Hall–Kier alpha value is -1.06. The van der Waals surface area contributed by atoms with Crippen molar-refractivity contribution in [2.45, 2.75) is 25.6 Å². The van der Waals surface area contributed by atoms with Gasteiger partial charge >= 0.3 is 5.97 Å². The summed E-state index contributed by atoms with van der Waals surface area (Å²) in [7, 11) is 0. The first-order valence-electron chi connectivity index (χ1n) is 2.90. The molecule has 10 heavy (non-hydrogen) atoms. The van der Waals surface area contributed by atoms with Gasteiger partial charge in [-0.3, -0.25) is 4.79 Å². The Kier molecular flexibility index (Phi) is 1.39. The Bertz CT molecular complexity index is 173. The zero-order valence-corrected chi connectivity index (χ0v) is 5.79. The van der Waals surface area contributed by atoms with E-state index in [1.54, 1.807) is 13.8 Å². The van der Waals surface area contributed by atoms with Crippen molar-refractivity contribution in [1.29, 1.82) is 0 Å². The normalized spacial score (nSPS) is 23.4. The van der Waals surface area contributed by atoms with Gasteiger partial charge in [0.1, 0.15) is 0 Å². The highest BCUT2D eigenvalue weighted by atomic mass is 16.7. The van der Waals surface area contributed by atoms with Crippen LogP contribution in [0.15, 0.2) is 0 Å². The van der Waals surface area contributed by atoms with E-state index in [-0.39, 0.29) is 5.97 Å². The highest BCUT2D eigenvalue weighted by Crippen LogP contribution is 2.28. The Morgan fingerprint density at radius 2 is 2.20 bits per heavy atom. The molecule has 0 N–H and O–H groups in total. The average Bonchev–Trinajstić information content (AvgIpc) is 2.46. The SMILES string of the molecule is CC(C)(OC=O)C1OC1=O. The molecule has 0 aromatic heterocycles. The first-order valence-corrected chi connectivity index (χ1v) is 2.90. The van der Waals surface area contributed by atoms with Gasteiger partial charge in [0, 0.05) is 0 Å². The molecule has 0 saturated carbocycles. The van der Waals surface area contributed by atoms with Crippen molar-refractivity contribution in [3.63, 3.8) is 0 Å². The van der Waals surface area contributed by atoms with Gasteiger partial charge in [0.05, 0.1) is 0 Å². The van der Waals surface area contributed by atoms with Crippen LogP contribution in [0.25, 0.3) is 0 Å². The van der Waals surface area contributed by atoms with E-state index in [0.29, 0.717) is 6.47 Å². The molecule has 0 aromatic rings. The zero-order valence-electron chi connectivity index (χ0n) is 5.79. The van der Waals surface area contributed by atoms with Crippen LogP contribution in [0.5, 0.6) is 0 Å². The quantitative estimate of drug-likeness (QED) is 0.408. The number of hydrogen-bond donors (Lipinski definition) is 0. The standard InChI is InChI=1S/C6H8O4/c1-6(2,9-3-7)4-5(8)10-4/h3-4H,1-2H3. The van der Waals surface area contributed by atoms with Crippen LogP contribution in [0.4, 0.5) is 0 Å². The van der Waals surface area contributed by atoms with E-state index in [2.05, 4.69) is 9.47 Å². The van der Waals surface area contributed by atoms with Crippen molar-refractivity contribution >= 4 is 12.4 Å². The fraction of sp³-hybridized carbons (Fsp3) is 0.667. The molecule has 1 saturated heterocycles. The topological polar surface area (TPSA) is 55.9 Å². The predicted molar refractivity (Wildman–Crippen MR) is 31.1 cm³/mol. The van der Waals surface area contributed by atoms with Gasteiger partial charge in [0.2, 0.25) is 6.10 Å². The van der Waals surface area contributed by atoms with Gasteiger partial charge in [-0.2, -0.15) is 0 Å². The second-order valence-electron chi connectivity index (χ2n) is 2.63. The third-order valence-electron chi connectivity index (χ3n) is 1.37. The molecule has 1 fully saturated rings. The highest BCUT2D eigenvalue weighted by Gasteiger charge is 2.52. The molecule has 1 heterocycles. The monoisotopic (exact) mass is 144 g/mol. The lowest BCUT2D eigenvalue weighted by atomic mass is 10.1. The average molecular weight is 144 g/mol. The number of epoxide rings is 1. The van der Waals surface area contributed by atoms with Crippen LogP contribution < -0.4 is 0 Å². The summed E-state index contributed by atoms with van der Waals surface area (Å²) >= 11 is 0. The van der Waals surface area contributed by atoms with E-state index in [0.717, 1.165) is 0 Å². The van der Waals surface area contributed by atoms with Crippen LogP contribution >= 0.6 is 0 Å². The molecule has 1 atom stereocenters. The van der Waals surface area contributed by atoms with Gasteiger partial charge in [-0.05, 0) is 13.8 Å². The summed E-state index contributed by atoms with van der Waals surface area (Å²) in [5, 5.41) is 0. The Labute approximate surface area is 58.1 Å². The van der Waals surface area contributed by atoms with E-state index in [1.807, 2.05) is 0 Å². The summed E-state index contributed by atoms with van der Waals surface area (Å²) in [6.45, 7) is 3.56. The molecule has 0 bridgehead atoms. The van der Waals surface area contributed by atoms with Crippen LogP contribution in [0.3, 0.4) is 0 Å². The molecule has 56 valence electrons. The van der Waals surface area contributed by atoms with Crippen molar-refractivity contribution in [1.82, 2.24) is 0 Å². The molecule has 4 heteroatoms. The van der Waals surface area contributed by atoms with Gasteiger partial charge in [0.15, 0.2) is 5.60 Å². The lowest BCUT2D eigenvalue weighted by Crippen LogP contribution is -2.31. The predicted octanol–water partition coefficient (Wildman–Crippen LogP) is -0.137. The minimum atomic E-state index is -0.807. The summed E-state index contributed by atoms with van der Waals surface area (Å²) < 4.78 is 9.11. The molecular formula is C6H8O4. The minimum absolute atomic E-state index is 0.313. The molecule has 1 aliphatic heterocycles. The molecule has 1 rings (SSSR count). The first-order chi connectivity index (χ1) is 4.58. The van der Waals surface area contributed by atoms with Gasteiger partial charge in [0.25, 0.3) is 6.47 Å². The van der Waals surface area contributed by atoms with Crippen molar-refractivity contribution in [3.05, 3.63) is 0 Å². The van der Waals surface area contributed by atoms with E-state index >= 15 is 0 Å². The molecular weight excluding hydrogens is 136 g/mol. The van der Waals surface area contributed by atoms with Crippen molar-refractivity contribution in [3.8, 4) is 0 Å². The number of rotatable bonds is 3. The zero-order chi connectivity index (χ0) is 7.78. The Morgan fingerprint density at radius 1 is 1.70 bits per heavy atom. The van der Waals surface area contributed by atoms with Gasteiger partial charge < -0.3 is 9.47 Å². The fourth-order valence-corrected chi connectivity index (χ4v) is 0.694. The summed E-state index contributed by atoms with van der Waals surface area (Å²) in [5.74, 6) is -0.313. The van der Waals surface area contributed by atoms with Gasteiger partial charge in [-0.1, -0.05) is 0 Å². The molecule has 0 spiro atoms. The largest absolute Gasteiger partial charge is 0.457 e. The summed E-state index contributed by atoms with van der Waals surface area (Å²) in [5.41, 5.74) is -0.807. The minimum Gasteiger partial charge on any atom is -0.457 e. The van der Waals surface area contributed by atoms with E-state index in [1.165, 1.54) is 0 Å². The number of carbonyl (C=O) groups excluding carboxylic acids is 2. The second kappa shape index (κ2) is 1.97. The van der Waals surface area contributed by atoms with Gasteiger partial charge in [-0.15, -0.1) is 0 Å². The number of cyclic esters (lactones) is 1. The van der Waals surface area contributed by atoms with Crippen LogP contribution in [-0.2, 0) is 19.1 Å². The maximum Gasteiger partial charge on any atom is 0.352 e. The summed E-state index contributed by atoms with van der Waals surface area (Å²) in [4.78, 5) is 20.3. The second-order valence-corrected chi connectivity index (χ2v) is 2.63. The Morgan fingerprint density at radius 3 is 2.50 bits per heavy atom. The molecule has 0 aromatic carbocycles. The fourth-order valence-electron chi connectivity index (χ4n) is 0.694. The molecule has 4 nitrogen and oxygen atoms in total. The third-order valence-corrected chi connectivity index (χ3v) is 1.37. The molecule has 0 radical (unpaired) electrons. The van der Waals surface area contributed by atoms with Crippen LogP contribution in [-0.4, -0.2) is 24.1 Å². The van der Waals surface area contributed by atoms with Crippen LogP contribution in [0.2, 0.25) is 0 Å². The maximum absolute atomic E-state index is 10.4. The lowest BCUT2D eigenvalue weighted by Gasteiger charge is -2.16. The number of carbonyl (C=O) groups is 2. The van der Waals surface area contributed by atoms with Crippen LogP contribution in [0.1, 0.15) is 13.8 Å². The highest BCUT2D eigenvalue weighted by molar-refractivity contribution is 5.88. The number of hydrogen-bond acceptors (Lipinski definition) is 4. The maximum atomic E-state index is 10.4. The molecule has 1 unspecified atom stereocenters. The Balaban J connectivity index is 2.51. The summed E-state index contributed by atoms with van der Waals surface area (Å²) in [6.07, 6.45) is -0.558. The third kappa shape index (κ3) is 1.10. The van der Waals surface area contributed by atoms with E-state index < -0.39 is 11.7 Å². The first kappa shape index (κ1) is 7.05. The summed E-state index contributed by atoms with van der Waals surface area (Å²) in [6, 6.07) is 0. The molecule has 0 aliphatic carbocycles. The molecule has 0 amide bonds. The van der Waals surface area contributed by atoms with E-state index in [9.17, 15) is 9.59 Å².